The Bertz CT molecular complexity index is 4750. The number of carbonyl (C=O) groups excluding carboxylic acids is 14. The lowest BCUT2D eigenvalue weighted by molar-refractivity contribution is -0.142. The number of methoxy groups -OCH3 is 1. The highest BCUT2D eigenvalue weighted by Crippen LogP contribution is 2.31. The van der Waals surface area contributed by atoms with Gasteiger partial charge in [0.1, 0.15) is 94.9 Å². The molecule has 3 heterocycles. The molecule has 44 heteroatoms. The average Bonchev–Trinajstić information content (AvgIpc) is 1.42. The maximum absolute atomic E-state index is 16.0. The third-order valence-electron chi connectivity index (χ3n) is 20.1. The molecule has 19 N–H and O–H groups in total. The lowest BCUT2D eigenvalue weighted by Gasteiger charge is -2.33. The molecule has 12 atom stereocenters. The van der Waals surface area contributed by atoms with E-state index in [2.05, 4.69) is 84.4 Å². The number of ether oxygens (including phenoxy) is 1. The van der Waals surface area contributed by atoms with Crippen LogP contribution in [0.5, 0.6) is 5.75 Å². The summed E-state index contributed by atoms with van der Waals surface area (Å²) in [6, 6.07) is 3.91. The largest absolute Gasteiger partial charge is 0.497 e. The van der Waals surface area contributed by atoms with E-state index < -0.39 is 263 Å². The molecule has 1 aromatic heterocycles. The van der Waals surface area contributed by atoms with E-state index in [-0.39, 0.29) is 32.1 Å². The number of benzene rings is 4. The van der Waals surface area contributed by atoms with Gasteiger partial charge in [-0.3, -0.25) is 76.7 Å². The minimum Gasteiger partial charge on any atom is -0.497 e. The fraction of sp³-hybridized carbons (Fsp3) is 0.470. The molecule has 7 rings (SSSR count). The number of carbonyl (C=O) groups is 17. The number of hydrogen-bond acceptors (Lipinski definition) is 24. The zero-order chi connectivity index (χ0) is 93.4. The van der Waals surface area contributed by atoms with Crippen LogP contribution >= 0.6 is 43.2 Å². The monoisotopic (exact) mass is 1840 g/mol. The van der Waals surface area contributed by atoms with E-state index in [0.29, 0.717) is 73.0 Å². The maximum atomic E-state index is 16.0. The number of H-pyrrole nitrogens is 1. The Labute approximate surface area is 745 Å². The quantitative estimate of drug-likeness (QED) is 0.0268. The number of aliphatic carboxylic acids is 3. The molecule has 2 saturated heterocycles. The SMILES string of the molecule is CCc1cc(OC)ccc1-c1ccc(C[C@@H]2NC(=O)[C@H](CC(=O)O)NC(=O)[C@H](CO)NC(=O)[C@@H]3CSSC[C@@H](C(=O)O)NC(=O)[C@H](CSSC[C@H](NC(=O)CNC(=O)[C@H](CCC(=O)O)NC(=O)C(C)(C)NC(=O)[C@H](Cc4cnc[nH]4)NC(C)=O)C(=O)N[C@@](C)(Cc4c(F)cccc4F)C(=O)N3)NC(=O)[C@H](CC(C)C)NC(=O)[C@H](CCCc3ccccc3)NC2=O)cc1. The van der Waals surface area contributed by atoms with Crippen molar-refractivity contribution in [2.75, 3.05) is 43.3 Å². The van der Waals surface area contributed by atoms with Crippen molar-refractivity contribution < 1.29 is 115 Å². The summed E-state index contributed by atoms with van der Waals surface area (Å²) < 4.78 is 37.5. The number of aromatic nitrogens is 2. The van der Waals surface area contributed by atoms with Crippen LogP contribution in [0.4, 0.5) is 8.78 Å². The number of aliphatic hydroxyl groups is 1. The van der Waals surface area contributed by atoms with Crippen LogP contribution in [0.25, 0.3) is 11.1 Å². The number of rotatable bonds is 31. The zero-order valence-electron chi connectivity index (χ0n) is 70.7. The molecular formula is C83H106F2N16O22S4. The van der Waals surface area contributed by atoms with Crippen molar-refractivity contribution >= 4 is 144 Å². The van der Waals surface area contributed by atoms with Gasteiger partial charge in [0, 0.05) is 73.1 Å². The van der Waals surface area contributed by atoms with Crippen LogP contribution in [0, 0.1) is 17.6 Å². The number of halogens is 2. The number of amides is 14. The van der Waals surface area contributed by atoms with E-state index in [9.17, 15) is 78.0 Å². The number of hydrogen-bond donors (Lipinski definition) is 19. The number of nitrogens with zero attached hydrogens (tertiary/aromatic N) is 1. The summed E-state index contributed by atoms with van der Waals surface area (Å²) in [6.45, 7) is 7.42. The first kappa shape index (κ1) is 102. The minimum absolute atomic E-state index is 0.117. The van der Waals surface area contributed by atoms with E-state index >= 15 is 32.8 Å². The molecular weight excluding hydrogens is 1740 g/mol. The van der Waals surface area contributed by atoms with Gasteiger partial charge >= 0.3 is 17.9 Å². The Balaban J connectivity index is 1.31. The van der Waals surface area contributed by atoms with Crippen molar-refractivity contribution in [3.8, 4) is 16.9 Å². The number of carboxylic acid groups (broad SMARTS) is 3. The van der Waals surface area contributed by atoms with Gasteiger partial charge in [-0.2, -0.15) is 0 Å². The van der Waals surface area contributed by atoms with Crippen molar-refractivity contribution in [1.29, 1.82) is 0 Å². The van der Waals surface area contributed by atoms with Gasteiger partial charge in [-0.15, -0.1) is 0 Å². The fourth-order valence-corrected chi connectivity index (χ4v) is 17.8. The molecule has 0 spiro atoms. The molecule has 38 nitrogen and oxygen atoms in total. The Morgan fingerprint density at radius 1 is 0.646 bits per heavy atom. The summed E-state index contributed by atoms with van der Waals surface area (Å²) in [5, 5.41) is 75.8. The minimum atomic E-state index is -2.69. The standard InChI is InChI=1S/C83H106F2N16O22S4/c1-9-47-31-50(123-8)25-26-51(47)48-23-21-46(22-24-48)30-58-72(112)91-55(20-13-17-45-15-11-10-12-16-45)70(110)92-57(29-43(2)3)71(111)96-62-38-124-126-40-64(90-66(104)36-87-69(109)56(27-28-67(105)106)98-80(121)82(5,6)100-77(117)59(89-44(4)103)32-49-35-86-42-88-49)78(118)101-83(7,34-52-53(84)18-14-19-54(52)85)81(122)99-63(39-125-127-41-65(79(119)120)97-75(62)115)76(116)95-61(37-102)74(114)94-60(33-68(107)108)73(113)93-58/h10-12,14-16,18-19,21-26,31,35,42-43,55-65,102H,9,13,17,20,27-30,32-34,36-41H2,1-8H3,(H,86,88)(H,87,109)(H,89,103)(H,90,104)(H,91,112)(H,92,110)(H,93,113)(H,94,114)(H,95,116)(H,96,111)(H,97,115)(H,98,121)(H,99,122)(H,100,117)(H,101,118)(H,105,106)(H,107,108)(H,119,120)/t55-,56-,57-,58-,59-,60-,61-,62-,63-,64-,65-,83-/m0/s1. The van der Waals surface area contributed by atoms with E-state index in [1.807, 2.05) is 31.2 Å². The first-order valence-corrected chi connectivity index (χ1v) is 45.4. The molecule has 0 saturated carbocycles. The zero-order valence-corrected chi connectivity index (χ0v) is 74.0. The molecule has 2 fully saturated rings. The van der Waals surface area contributed by atoms with Gasteiger partial charge in [-0.05, 0) is 117 Å². The Morgan fingerprint density at radius 3 is 1.86 bits per heavy atom. The van der Waals surface area contributed by atoms with Crippen molar-refractivity contribution in [1.82, 2.24) is 84.4 Å². The molecule has 2 bridgehead atoms. The van der Waals surface area contributed by atoms with Crippen LogP contribution in [0.15, 0.2) is 104 Å². The van der Waals surface area contributed by atoms with Gasteiger partial charge in [0.25, 0.3) is 0 Å². The highest BCUT2D eigenvalue weighted by molar-refractivity contribution is 8.77. The Morgan fingerprint density at radius 2 is 1.24 bits per heavy atom. The molecule has 2 aliphatic heterocycles. The number of carboxylic acids is 3. The van der Waals surface area contributed by atoms with Crippen molar-refractivity contribution in [2.24, 2.45) is 5.92 Å². The molecule has 0 unspecified atom stereocenters. The predicted molar refractivity (Wildman–Crippen MR) is 465 cm³/mol. The third kappa shape index (κ3) is 32.2. The van der Waals surface area contributed by atoms with Crippen molar-refractivity contribution in [2.45, 2.75) is 197 Å². The van der Waals surface area contributed by atoms with Crippen LogP contribution in [0.1, 0.15) is 115 Å². The summed E-state index contributed by atoms with van der Waals surface area (Å²) in [6.07, 6.45) is -0.746. The predicted octanol–water partition coefficient (Wildman–Crippen LogP) is 0.468. The van der Waals surface area contributed by atoms with Crippen LogP contribution < -0.4 is 79.2 Å². The van der Waals surface area contributed by atoms with E-state index in [4.69, 9.17) is 4.74 Å². The molecule has 5 aromatic rings. The summed E-state index contributed by atoms with van der Waals surface area (Å²) in [5.41, 5.74) is -1.32. The normalized spacial score (nSPS) is 21.7. The molecule has 688 valence electrons. The van der Waals surface area contributed by atoms with E-state index in [1.54, 1.807) is 62.4 Å². The second-order valence-corrected chi connectivity index (χ2v) is 36.2. The molecule has 0 radical (unpaired) electrons. The second-order valence-electron chi connectivity index (χ2n) is 31.1. The topological polar surface area (TPSA) is 577 Å². The molecule has 0 aliphatic carbocycles. The third-order valence-corrected chi connectivity index (χ3v) is 25.0. The van der Waals surface area contributed by atoms with Crippen LogP contribution in [0.2, 0.25) is 0 Å². The van der Waals surface area contributed by atoms with Crippen LogP contribution in [-0.4, -0.2) is 252 Å². The van der Waals surface area contributed by atoms with Crippen LogP contribution in [0.3, 0.4) is 0 Å². The number of fused-ring (bicyclic) bond motifs is 8. The van der Waals surface area contributed by atoms with Gasteiger partial charge in [-0.1, -0.05) is 131 Å². The smallest absolute Gasteiger partial charge is 0.327 e. The number of nitrogens with one attached hydrogen (secondary N) is 15. The highest BCUT2D eigenvalue weighted by atomic mass is 33.1. The highest BCUT2D eigenvalue weighted by Gasteiger charge is 2.44. The average molecular weight is 1850 g/mol. The summed E-state index contributed by atoms with van der Waals surface area (Å²) in [5.74, 6) is -25.9. The number of aryl methyl sites for hydroxylation is 2. The van der Waals surface area contributed by atoms with Gasteiger partial charge in [0.2, 0.25) is 82.7 Å². The Kier molecular flexibility index (Phi) is 39.6. The Hall–Kier alpha value is -11.9. The number of aromatic amines is 1. The fourth-order valence-electron chi connectivity index (χ4n) is 13.2. The van der Waals surface area contributed by atoms with Gasteiger partial charge < -0.3 is 105 Å². The summed E-state index contributed by atoms with van der Waals surface area (Å²) in [7, 11) is 4.24. The van der Waals surface area contributed by atoms with Gasteiger partial charge in [0.15, 0.2) is 0 Å². The summed E-state index contributed by atoms with van der Waals surface area (Å²) in [4.78, 5) is 248. The van der Waals surface area contributed by atoms with E-state index in [1.165, 1.54) is 33.5 Å². The second kappa shape index (κ2) is 49.3. The van der Waals surface area contributed by atoms with Gasteiger partial charge in [-0.25, -0.2) is 18.6 Å². The first-order chi connectivity index (χ1) is 60.2. The number of aliphatic hydroxyl groups excluding tert-OH is 1. The lowest BCUT2D eigenvalue weighted by atomic mass is 9.90. The summed E-state index contributed by atoms with van der Waals surface area (Å²) >= 11 is 0. The first-order valence-electron chi connectivity index (χ1n) is 40.4. The van der Waals surface area contributed by atoms with E-state index in [0.717, 1.165) is 54.3 Å². The van der Waals surface area contributed by atoms with Crippen LogP contribution in [-0.2, 0) is 114 Å². The van der Waals surface area contributed by atoms with Crippen molar-refractivity contribution in [3.63, 3.8) is 0 Å². The lowest BCUT2D eigenvalue weighted by Crippen LogP contribution is -2.65. The van der Waals surface area contributed by atoms with Crippen molar-refractivity contribution in [3.05, 3.63) is 143 Å². The maximum Gasteiger partial charge on any atom is 0.327 e. The molecule has 4 aromatic carbocycles. The molecule has 127 heavy (non-hydrogen) atoms. The molecule has 2 aliphatic rings. The molecule has 14 amide bonds. The van der Waals surface area contributed by atoms with Gasteiger partial charge in [0.05, 0.1) is 33.0 Å². The number of imidazole rings is 1.